The molecule has 0 saturated heterocycles. The van der Waals surface area contributed by atoms with E-state index >= 15 is 0 Å². The van der Waals surface area contributed by atoms with Crippen LogP contribution in [-0.2, 0) is 6.54 Å². The molecule has 2 amide bonds. The molecule has 1 aliphatic rings. The summed E-state index contributed by atoms with van der Waals surface area (Å²) in [7, 11) is 1.92. The summed E-state index contributed by atoms with van der Waals surface area (Å²) >= 11 is 0. The minimum absolute atomic E-state index is 0.141. The standard InChI is InChI=1S/C16H23N3O/c1-17-11-14-7-9-15(10-8-14)19-16(20)18-12-13-5-3-2-4-6-13/h5,7-10,17H,2-4,6,11-12H2,1H3,(H2,18,19,20). The average Bonchev–Trinajstić information content (AvgIpc) is 2.49. The van der Waals surface area contributed by atoms with Crippen molar-refractivity contribution >= 4 is 11.7 Å². The van der Waals surface area contributed by atoms with Crippen LogP contribution in [0, 0.1) is 0 Å². The second-order valence-corrected chi connectivity index (χ2v) is 5.14. The number of hydrogen-bond acceptors (Lipinski definition) is 2. The summed E-state index contributed by atoms with van der Waals surface area (Å²) in [6.45, 7) is 1.49. The van der Waals surface area contributed by atoms with Crippen LogP contribution in [0.5, 0.6) is 0 Å². The molecule has 1 aromatic carbocycles. The fraction of sp³-hybridized carbons (Fsp3) is 0.438. The largest absolute Gasteiger partial charge is 0.334 e. The Morgan fingerprint density at radius 1 is 1.15 bits per heavy atom. The summed E-state index contributed by atoms with van der Waals surface area (Å²) in [5, 5.41) is 8.86. The van der Waals surface area contributed by atoms with Gasteiger partial charge >= 0.3 is 6.03 Å². The molecule has 4 nitrogen and oxygen atoms in total. The zero-order valence-corrected chi connectivity index (χ0v) is 12.0. The Morgan fingerprint density at radius 3 is 2.60 bits per heavy atom. The Morgan fingerprint density at radius 2 is 1.95 bits per heavy atom. The number of amides is 2. The number of urea groups is 1. The van der Waals surface area contributed by atoms with Gasteiger partial charge in [-0.2, -0.15) is 0 Å². The minimum atomic E-state index is -0.141. The number of allylic oxidation sites excluding steroid dienone is 1. The molecule has 3 N–H and O–H groups in total. The lowest BCUT2D eigenvalue weighted by Crippen LogP contribution is -2.30. The lowest BCUT2D eigenvalue weighted by Gasteiger charge is -2.14. The van der Waals surface area contributed by atoms with Gasteiger partial charge in [0.05, 0.1) is 0 Å². The predicted octanol–water partition coefficient (Wildman–Crippen LogP) is 3.03. The third kappa shape index (κ3) is 4.70. The minimum Gasteiger partial charge on any atom is -0.334 e. The van der Waals surface area contributed by atoms with Crippen molar-refractivity contribution in [1.82, 2.24) is 10.6 Å². The molecule has 0 aliphatic heterocycles. The summed E-state index contributed by atoms with van der Waals surface area (Å²) < 4.78 is 0. The highest BCUT2D eigenvalue weighted by Gasteiger charge is 2.06. The van der Waals surface area contributed by atoms with Crippen molar-refractivity contribution in [2.75, 3.05) is 18.9 Å². The first-order chi connectivity index (χ1) is 9.78. The quantitative estimate of drug-likeness (QED) is 0.722. The van der Waals surface area contributed by atoms with E-state index in [4.69, 9.17) is 0 Å². The Bertz CT molecular complexity index is 465. The van der Waals surface area contributed by atoms with Gasteiger partial charge < -0.3 is 16.0 Å². The number of rotatable bonds is 5. The average molecular weight is 273 g/mol. The van der Waals surface area contributed by atoms with Crippen LogP contribution >= 0.6 is 0 Å². The van der Waals surface area contributed by atoms with Crippen molar-refractivity contribution in [2.45, 2.75) is 32.2 Å². The zero-order valence-electron chi connectivity index (χ0n) is 12.0. The normalized spacial score (nSPS) is 14.6. The number of nitrogens with one attached hydrogen (secondary N) is 3. The molecule has 0 saturated carbocycles. The third-order valence-corrected chi connectivity index (χ3v) is 3.45. The molecular formula is C16H23N3O. The van der Waals surface area contributed by atoms with E-state index in [9.17, 15) is 4.79 Å². The van der Waals surface area contributed by atoms with Crippen LogP contribution in [0.3, 0.4) is 0 Å². The maximum atomic E-state index is 11.8. The second-order valence-electron chi connectivity index (χ2n) is 5.14. The fourth-order valence-corrected chi connectivity index (χ4v) is 2.34. The molecular weight excluding hydrogens is 250 g/mol. The van der Waals surface area contributed by atoms with Gasteiger partial charge in [0, 0.05) is 18.8 Å². The highest BCUT2D eigenvalue weighted by Crippen LogP contribution is 2.16. The highest BCUT2D eigenvalue weighted by atomic mass is 16.2. The highest BCUT2D eigenvalue weighted by molar-refractivity contribution is 5.89. The number of anilines is 1. The molecule has 0 unspecified atom stereocenters. The van der Waals surface area contributed by atoms with E-state index < -0.39 is 0 Å². The van der Waals surface area contributed by atoms with E-state index in [1.807, 2.05) is 31.3 Å². The molecule has 0 aromatic heterocycles. The van der Waals surface area contributed by atoms with Crippen LogP contribution in [0.15, 0.2) is 35.9 Å². The first-order valence-corrected chi connectivity index (χ1v) is 7.24. The van der Waals surface area contributed by atoms with Crippen LogP contribution in [0.25, 0.3) is 0 Å². The summed E-state index contributed by atoms with van der Waals surface area (Å²) in [6.07, 6.45) is 7.01. The molecule has 1 aliphatic carbocycles. The smallest absolute Gasteiger partial charge is 0.319 e. The molecule has 4 heteroatoms. The Labute approximate surface area is 120 Å². The van der Waals surface area contributed by atoms with Gasteiger partial charge in [0.2, 0.25) is 0 Å². The van der Waals surface area contributed by atoms with E-state index in [1.165, 1.54) is 24.0 Å². The van der Waals surface area contributed by atoms with Crippen molar-refractivity contribution in [3.63, 3.8) is 0 Å². The first-order valence-electron chi connectivity index (χ1n) is 7.24. The van der Waals surface area contributed by atoms with Gasteiger partial charge in [-0.15, -0.1) is 0 Å². The van der Waals surface area contributed by atoms with Gasteiger partial charge in [0.1, 0.15) is 0 Å². The molecule has 0 bridgehead atoms. The van der Waals surface area contributed by atoms with E-state index in [1.54, 1.807) is 0 Å². The van der Waals surface area contributed by atoms with E-state index in [0.717, 1.165) is 25.1 Å². The van der Waals surface area contributed by atoms with E-state index in [2.05, 4.69) is 22.0 Å². The SMILES string of the molecule is CNCc1ccc(NC(=O)NCC2=CCCCC2)cc1. The molecule has 0 heterocycles. The third-order valence-electron chi connectivity index (χ3n) is 3.45. The fourth-order valence-electron chi connectivity index (χ4n) is 2.34. The van der Waals surface area contributed by atoms with E-state index in [-0.39, 0.29) is 6.03 Å². The molecule has 108 valence electrons. The molecule has 20 heavy (non-hydrogen) atoms. The van der Waals surface area contributed by atoms with Crippen molar-refractivity contribution in [3.8, 4) is 0 Å². The summed E-state index contributed by atoms with van der Waals surface area (Å²) in [6, 6.07) is 7.72. The summed E-state index contributed by atoms with van der Waals surface area (Å²) in [5.41, 5.74) is 3.36. The first kappa shape index (κ1) is 14.6. The number of carbonyl (C=O) groups is 1. The summed E-state index contributed by atoms with van der Waals surface area (Å²) in [5.74, 6) is 0. The molecule has 2 rings (SSSR count). The Balaban J connectivity index is 1.77. The maximum absolute atomic E-state index is 11.8. The van der Waals surface area contributed by atoms with Crippen molar-refractivity contribution in [3.05, 3.63) is 41.5 Å². The number of hydrogen-bond donors (Lipinski definition) is 3. The molecule has 1 aromatic rings. The van der Waals surface area contributed by atoms with Gasteiger partial charge in [-0.25, -0.2) is 4.79 Å². The molecule has 0 radical (unpaired) electrons. The second kappa shape index (κ2) is 7.70. The van der Waals surface area contributed by atoms with Gasteiger partial charge in [0.25, 0.3) is 0 Å². The summed E-state index contributed by atoms with van der Waals surface area (Å²) in [4.78, 5) is 11.8. The van der Waals surface area contributed by atoms with Crippen LogP contribution in [0.4, 0.5) is 10.5 Å². The van der Waals surface area contributed by atoms with E-state index in [0.29, 0.717) is 6.54 Å². The van der Waals surface area contributed by atoms with Gasteiger partial charge in [-0.05, 0) is 50.4 Å². The zero-order chi connectivity index (χ0) is 14.2. The molecule has 0 atom stereocenters. The Kier molecular flexibility index (Phi) is 5.62. The predicted molar refractivity (Wildman–Crippen MR) is 82.8 cm³/mol. The van der Waals surface area contributed by atoms with Crippen LogP contribution in [0.2, 0.25) is 0 Å². The lowest BCUT2D eigenvalue weighted by molar-refractivity contribution is 0.252. The Hall–Kier alpha value is -1.81. The molecule has 0 spiro atoms. The van der Waals surface area contributed by atoms with Gasteiger partial charge in [0.15, 0.2) is 0 Å². The van der Waals surface area contributed by atoms with Crippen molar-refractivity contribution in [2.24, 2.45) is 0 Å². The monoisotopic (exact) mass is 273 g/mol. The lowest BCUT2D eigenvalue weighted by atomic mass is 10.00. The van der Waals surface area contributed by atoms with Crippen molar-refractivity contribution < 1.29 is 4.79 Å². The van der Waals surface area contributed by atoms with Crippen LogP contribution in [-0.4, -0.2) is 19.6 Å². The number of carbonyl (C=O) groups excluding carboxylic acids is 1. The number of benzene rings is 1. The van der Waals surface area contributed by atoms with Gasteiger partial charge in [-0.3, -0.25) is 0 Å². The van der Waals surface area contributed by atoms with Crippen LogP contribution in [0.1, 0.15) is 31.2 Å². The van der Waals surface area contributed by atoms with Crippen LogP contribution < -0.4 is 16.0 Å². The molecule has 0 fully saturated rings. The topological polar surface area (TPSA) is 53.2 Å². The maximum Gasteiger partial charge on any atom is 0.319 e. The van der Waals surface area contributed by atoms with Gasteiger partial charge in [-0.1, -0.05) is 23.8 Å². The van der Waals surface area contributed by atoms with Crippen molar-refractivity contribution in [1.29, 1.82) is 0 Å².